The summed E-state index contributed by atoms with van der Waals surface area (Å²) in [6, 6.07) is 0. The lowest BCUT2D eigenvalue weighted by atomic mass is 10.2. The molecule has 1 aromatic rings. The minimum Gasteiger partial charge on any atom is -0.480 e. The van der Waals surface area contributed by atoms with Crippen LogP contribution in [0.2, 0.25) is 0 Å². The summed E-state index contributed by atoms with van der Waals surface area (Å²) in [6.07, 6.45) is 1.43. The third kappa shape index (κ3) is 3.58. The van der Waals surface area contributed by atoms with Gasteiger partial charge in [0.05, 0.1) is 6.33 Å². The van der Waals surface area contributed by atoms with Gasteiger partial charge in [-0.15, -0.1) is 0 Å². The number of carbonyl (C=O) groups is 2. The van der Waals surface area contributed by atoms with Crippen LogP contribution in [0, 0.1) is 12.8 Å². The number of aryl methyl sites for hydroxylation is 1. The molecule has 0 unspecified atom stereocenters. The molecular weight excluding hydrogens is 222 g/mol. The van der Waals surface area contributed by atoms with E-state index in [1.807, 2.05) is 13.8 Å². The molecule has 0 saturated carbocycles. The number of nitrogens with one attached hydrogen (secondary N) is 1. The van der Waals surface area contributed by atoms with Crippen LogP contribution in [-0.2, 0) is 4.79 Å². The fourth-order valence-electron chi connectivity index (χ4n) is 1.55. The Labute approximate surface area is 99.7 Å². The zero-order valence-electron chi connectivity index (χ0n) is 10.2. The number of aromatic amines is 1. The van der Waals surface area contributed by atoms with Gasteiger partial charge in [0, 0.05) is 12.2 Å². The molecule has 6 heteroatoms. The van der Waals surface area contributed by atoms with E-state index < -0.39 is 5.97 Å². The SMILES string of the molecule is Cc1[nH]cnc1C(=O)N(CC(=O)O)CC(C)C. The van der Waals surface area contributed by atoms with E-state index in [2.05, 4.69) is 9.97 Å². The highest BCUT2D eigenvalue weighted by molar-refractivity contribution is 5.95. The van der Waals surface area contributed by atoms with Crippen LogP contribution < -0.4 is 0 Å². The van der Waals surface area contributed by atoms with Gasteiger partial charge in [0.1, 0.15) is 12.2 Å². The minimum atomic E-state index is -1.02. The van der Waals surface area contributed by atoms with E-state index >= 15 is 0 Å². The van der Waals surface area contributed by atoms with E-state index in [1.165, 1.54) is 11.2 Å². The van der Waals surface area contributed by atoms with E-state index in [-0.39, 0.29) is 24.1 Å². The Morgan fingerprint density at radius 3 is 2.59 bits per heavy atom. The van der Waals surface area contributed by atoms with Gasteiger partial charge in [0.2, 0.25) is 0 Å². The standard InChI is InChI=1S/C11H17N3O3/c1-7(2)4-14(5-9(15)16)11(17)10-8(3)12-6-13-10/h6-7H,4-5H2,1-3H3,(H,12,13)(H,15,16). The highest BCUT2D eigenvalue weighted by Crippen LogP contribution is 2.08. The second kappa shape index (κ2) is 5.47. The van der Waals surface area contributed by atoms with E-state index in [4.69, 9.17) is 5.11 Å². The summed E-state index contributed by atoms with van der Waals surface area (Å²) < 4.78 is 0. The van der Waals surface area contributed by atoms with E-state index in [0.717, 1.165) is 0 Å². The van der Waals surface area contributed by atoms with Crippen LogP contribution in [0.4, 0.5) is 0 Å². The van der Waals surface area contributed by atoms with E-state index in [1.54, 1.807) is 6.92 Å². The first-order valence-electron chi connectivity index (χ1n) is 5.42. The van der Waals surface area contributed by atoms with Crippen molar-refractivity contribution in [2.24, 2.45) is 5.92 Å². The Bertz CT molecular complexity index is 412. The Morgan fingerprint density at radius 1 is 1.53 bits per heavy atom. The van der Waals surface area contributed by atoms with Gasteiger partial charge in [-0.25, -0.2) is 4.98 Å². The van der Waals surface area contributed by atoms with Crippen molar-refractivity contribution in [3.8, 4) is 0 Å². The molecule has 1 amide bonds. The van der Waals surface area contributed by atoms with Crippen LogP contribution >= 0.6 is 0 Å². The van der Waals surface area contributed by atoms with Crippen molar-refractivity contribution < 1.29 is 14.7 Å². The highest BCUT2D eigenvalue weighted by atomic mass is 16.4. The molecule has 0 aromatic carbocycles. The molecule has 0 bridgehead atoms. The van der Waals surface area contributed by atoms with E-state index in [9.17, 15) is 9.59 Å². The molecule has 0 aliphatic rings. The molecule has 1 heterocycles. The summed E-state index contributed by atoms with van der Waals surface area (Å²) in [5.41, 5.74) is 0.932. The van der Waals surface area contributed by atoms with Gasteiger partial charge in [0.25, 0.3) is 5.91 Å². The number of imidazole rings is 1. The van der Waals surface area contributed by atoms with E-state index in [0.29, 0.717) is 12.2 Å². The Balaban J connectivity index is 2.86. The predicted octanol–water partition coefficient (Wildman–Crippen LogP) is 0.901. The summed E-state index contributed by atoms with van der Waals surface area (Å²) in [6.45, 7) is 5.69. The highest BCUT2D eigenvalue weighted by Gasteiger charge is 2.22. The van der Waals surface area contributed by atoms with Crippen molar-refractivity contribution in [2.45, 2.75) is 20.8 Å². The number of aromatic nitrogens is 2. The largest absolute Gasteiger partial charge is 0.480 e. The normalized spacial score (nSPS) is 10.6. The minimum absolute atomic E-state index is 0.206. The fraction of sp³-hybridized carbons (Fsp3) is 0.545. The number of aliphatic carboxylic acids is 1. The third-order valence-electron chi connectivity index (χ3n) is 2.23. The maximum Gasteiger partial charge on any atom is 0.323 e. The average molecular weight is 239 g/mol. The van der Waals surface area contributed by atoms with Crippen molar-refractivity contribution in [1.29, 1.82) is 0 Å². The maximum atomic E-state index is 12.1. The van der Waals surface area contributed by atoms with Crippen LogP contribution in [-0.4, -0.2) is 44.9 Å². The quantitative estimate of drug-likeness (QED) is 0.799. The number of amides is 1. The van der Waals surface area contributed by atoms with Gasteiger partial charge in [-0.3, -0.25) is 9.59 Å². The lowest BCUT2D eigenvalue weighted by Crippen LogP contribution is -2.38. The molecule has 1 rings (SSSR count). The zero-order chi connectivity index (χ0) is 13.0. The van der Waals surface area contributed by atoms with Crippen molar-refractivity contribution >= 4 is 11.9 Å². The van der Waals surface area contributed by atoms with Crippen LogP contribution in [0.1, 0.15) is 30.0 Å². The number of rotatable bonds is 5. The fourth-order valence-corrected chi connectivity index (χ4v) is 1.55. The van der Waals surface area contributed by atoms with Gasteiger partial charge in [-0.2, -0.15) is 0 Å². The molecule has 0 aliphatic heterocycles. The molecule has 2 N–H and O–H groups in total. The van der Waals surface area contributed by atoms with Crippen molar-refractivity contribution in [3.05, 3.63) is 17.7 Å². The number of hydrogen-bond acceptors (Lipinski definition) is 3. The summed E-state index contributed by atoms with van der Waals surface area (Å²) >= 11 is 0. The maximum absolute atomic E-state index is 12.1. The summed E-state index contributed by atoms with van der Waals surface area (Å²) in [4.78, 5) is 30.8. The first-order valence-corrected chi connectivity index (χ1v) is 5.42. The molecule has 94 valence electrons. The molecule has 0 saturated heterocycles. The number of carbonyl (C=O) groups excluding carboxylic acids is 1. The van der Waals surface area contributed by atoms with Gasteiger partial charge in [-0.1, -0.05) is 13.8 Å². The summed E-state index contributed by atoms with van der Waals surface area (Å²) in [5.74, 6) is -1.16. The number of nitrogens with zero attached hydrogens (tertiary/aromatic N) is 2. The Morgan fingerprint density at radius 2 is 2.18 bits per heavy atom. The topological polar surface area (TPSA) is 86.3 Å². The predicted molar refractivity (Wildman–Crippen MR) is 61.7 cm³/mol. The molecule has 0 fully saturated rings. The van der Waals surface area contributed by atoms with Crippen LogP contribution in [0.5, 0.6) is 0 Å². The van der Waals surface area contributed by atoms with Crippen molar-refractivity contribution in [2.75, 3.05) is 13.1 Å². The summed E-state index contributed by atoms with van der Waals surface area (Å²) in [7, 11) is 0. The lowest BCUT2D eigenvalue weighted by molar-refractivity contribution is -0.137. The summed E-state index contributed by atoms with van der Waals surface area (Å²) in [5, 5.41) is 8.79. The van der Waals surface area contributed by atoms with Crippen molar-refractivity contribution in [3.63, 3.8) is 0 Å². The van der Waals surface area contributed by atoms with Crippen LogP contribution in [0.15, 0.2) is 6.33 Å². The Hall–Kier alpha value is -1.85. The van der Waals surface area contributed by atoms with Crippen LogP contribution in [0.25, 0.3) is 0 Å². The molecule has 0 radical (unpaired) electrons. The average Bonchev–Trinajstić information content (AvgIpc) is 2.61. The molecule has 0 atom stereocenters. The number of H-pyrrole nitrogens is 1. The lowest BCUT2D eigenvalue weighted by Gasteiger charge is -2.22. The smallest absolute Gasteiger partial charge is 0.323 e. The third-order valence-corrected chi connectivity index (χ3v) is 2.23. The monoisotopic (exact) mass is 239 g/mol. The molecular formula is C11H17N3O3. The van der Waals surface area contributed by atoms with Gasteiger partial charge >= 0.3 is 5.97 Å². The Kier molecular flexibility index (Phi) is 4.25. The first-order chi connectivity index (χ1) is 7.91. The van der Waals surface area contributed by atoms with Crippen molar-refractivity contribution in [1.82, 2.24) is 14.9 Å². The van der Waals surface area contributed by atoms with Crippen LogP contribution in [0.3, 0.4) is 0 Å². The van der Waals surface area contributed by atoms with Gasteiger partial charge in [-0.05, 0) is 12.8 Å². The second-order valence-corrected chi connectivity index (χ2v) is 4.35. The molecule has 17 heavy (non-hydrogen) atoms. The molecule has 6 nitrogen and oxygen atoms in total. The second-order valence-electron chi connectivity index (χ2n) is 4.35. The molecule has 0 spiro atoms. The number of carboxylic acid groups (broad SMARTS) is 1. The number of hydrogen-bond donors (Lipinski definition) is 2. The van der Waals surface area contributed by atoms with Gasteiger partial charge < -0.3 is 15.0 Å². The number of carboxylic acids is 1. The first kappa shape index (κ1) is 13.2. The zero-order valence-corrected chi connectivity index (χ0v) is 10.2. The molecule has 1 aromatic heterocycles. The molecule has 0 aliphatic carbocycles. The van der Waals surface area contributed by atoms with Gasteiger partial charge in [0.15, 0.2) is 0 Å².